The maximum Gasteiger partial charge on any atom is 0.243 e. The molecule has 4 amide bonds. The summed E-state index contributed by atoms with van der Waals surface area (Å²) in [7, 11) is 2.00. The highest BCUT2D eigenvalue weighted by Crippen LogP contribution is 2.29. The maximum absolute atomic E-state index is 13.7. The van der Waals surface area contributed by atoms with Crippen LogP contribution in [0.5, 0.6) is 11.5 Å². The van der Waals surface area contributed by atoms with E-state index in [4.69, 9.17) is 37.9 Å². The largest absolute Gasteiger partial charge is 0.462 e. The summed E-state index contributed by atoms with van der Waals surface area (Å²) in [5.74, 6) is -2.94. The lowest BCUT2D eigenvalue weighted by atomic mass is 9.99. The smallest absolute Gasteiger partial charge is 0.243 e. The minimum Gasteiger partial charge on any atom is -0.462 e. The maximum atomic E-state index is 13.7. The van der Waals surface area contributed by atoms with Crippen molar-refractivity contribution < 1.29 is 139 Å². The Labute approximate surface area is 486 Å². The van der Waals surface area contributed by atoms with E-state index < -0.39 is 185 Å². The molecule has 34 heteroatoms. The zero-order valence-corrected chi connectivity index (χ0v) is 46.3. The van der Waals surface area contributed by atoms with Crippen molar-refractivity contribution in [3.63, 3.8) is 0 Å². The van der Waals surface area contributed by atoms with Crippen LogP contribution in [0, 0.1) is 0 Å². The van der Waals surface area contributed by atoms with E-state index >= 15 is 0 Å². The van der Waals surface area contributed by atoms with E-state index in [-0.39, 0.29) is 62.1 Å². The second-order valence-corrected chi connectivity index (χ2v) is 22.4. The highest BCUT2D eigenvalue weighted by molar-refractivity contribution is 8.76. The molecular formula is C50H74N4O28S2. The Morgan fingerprint density at radius 2 is 0.702 bits per heavy atom. The van der Waals surface area contributed by atoms with Crippen LogP contribution in [0.3, 0.4) is 0 Å². The molecule has 4 aliphatic rings. The lowest BCUT2D eigenvalue weighted by molar-refractivity contribution is -0.300. The van der Waals surface area contributed by atoms with Crippen molar-refractivity contribution >= 4 is 45.2 Å². The van der Waals surface area contributed by atoms with E-state index in [1.165, 1.54) is 48.5 Å². The monoisotopic (exact) mass is 1240 g/mol. The molecular weight excluding hydrogens is 1170 g/mol. The van der Waals surface area contributed by atoms with E-state index in [1.54, 1.807) is 0 Å². The van der Waals surface area contributed by atoms with Gasteiger partial charge in [0.2, 0.25) is 36.2 Å². The number of carbonyl (C=O) groups is 4. The minimum atomic E-state index is -1.73. The van der Waals surface area contributed by atoms with Crippen molar-refractivity contribution in [3.8, 4) is 11.5 Å². The zero-order chi connectivity index (χ0) is 61.4. The molecule has 0 unspecified atom stereocenters. The number of ether oxygens (including phenoxy) is 8. The normalized spacial score (nSPS) is 34.1. The van der Waals surface area contributed by atoms with Gasteiger partial charge in [0.1, 0.15) is 121 Å². The zero-order valence-electron chi connectivity index (χ0n) is 44.7. The Kier molecular flexibility index (Phi) is 27.2. The number of aliphatic hydroxyl groups is 16. The predicted molar refractivity (Wildman–Crippen MR) is 283 cm³/mol. The van der Waals surface area contributed by atoms with E-state index in [2.05, 4.69) is 21.3 Å². The Morgan fingerprint density at radius 3 is 1.00 bits per heavy atom. The highest BCUT2D eigenvalue weighted by atomic mass is 33.1. The Morgan fingerprint density at radius 1 is 0.417 bits per heavy atom. The standard InChI is InChI=1S/C50H74N4O28S2/c55-15-27-33(61)37(65)41(69)47(79-27)75-11-9-51-45(73)25(53-31(59)13-21-1-5-23(6-2-21)77-49-43(71)39(67)35(63)29(17-57)81-49)19-83-84-20-26(46(74)52-10-12-76-48-42(70)38(66)34(62)28(16-56)80-48)54-32(60)14-22-3-7-24(8-4-22)78-50-44(72)40(68)36(64)30(18-58)82-50/h1-8,25-30,33-44,47-50,55-58,61-72H,9-20H2,(H,51,73)(H,52,74)(H,53,59)(H,54,60)/t25-,26-,27+,28+,29+,30+,33+,34+,35+,36+,37-,38-,39-,40-,41-,42-,43-,44-,47-,48-,49-,50-/m0/s1. The van der Waals surface area contributed by atoms with Crippen molar-refractivity contribution in [1.29, 1.82) is 0 Å². The topological polar surface area (TPSA) is 514 Å². The summed E-state index contributed by atoms with van der Waals surface area (Å²) in [4.78, 5) is 54.6. The van der Waals surface area contributed by atoms with Gasteiger partial charge < -0.3 is 141 Å². The number of rotatable bonds is 29. The van der Waals surface area contributed by atoms with Gasteiger partial charge in [0.25, 0.3) is 0 Å². The Bertz CT molecular complexity index is 2190. The van der Waals surface area contributed by atoms with Crippen molar-refractivity contribution in [2.75, 3.05) is 64.2 Å². The van der Waals surface area contributed by atoms with Crippen LogP contribution in [0.15, 0.2) is 48.5 Å². The molecule has 0 saturated carbocycles. The molecule has 6 rings (SSSR count). The van der Waals surface area contributed by atoms with Crippen LogP contribution in [0.4, 0.5) is 0 Å². The fourth-order valence-corrected chi connectivity index (χ4v) is 11.1. The second-order valence-electron chi connectivity index (χ2n) is 19.8. The third kappa shape index (κ3) is 18.6. The van der Waals surface area contributed by atoms with Gasteiger partial charge in [-0.05, 0) is 35.4 Å². The predicted octanol–water partition coefficient (Wildman–Crippen LogP) is -9.95. The molecule has 4 aliphatic heterocycles. The molecule has 2 aromatic rings. The van der Waals surface area contributed by atoms with Crippen LogP contribution in [-0.4, -0.2) is 304 Å². The fraction of sp³-hybridized carbons (Fsp3) is 0.680. The number of nitrogens with one attached hydrogen (secondary N) is 4. The van der Waals surface area contributed by atoms with E-state index in [0.29, 0.717) is 11.1 Å². The van der Waals surface area contributed by atoms with Gasteiger partial charge in [-0.3, -0.25) is 19.2 Å². The van der Waals surface area contributed by atoms with E-state index in [9.17, 15) is 101 Å². The van der Waals surface area contributed by atoms with Crippen molar-refractivity contribution in [1.82, 2.24) is 21.3 Å². The lowest BCUT2D eigenvalue weighted by Crippen LogP contribution is -2.60. The van der Waals surface area contributed by atoms with Gasteiger partial charge in [-0.15, -0.1) is 0 Å². The Hall–Kier alpha value is -4.26. The summed E-state index contributed by atoms with van der Waals surface area (Å²) >= 11 is 0. The van der Waals surface area contributed by atoms with Gasteiger partial charge in [0, 0.05) is 24.6 Å². The molecule has 4 heterocycles. The van der Waals surface area contributed by atoms with Gasteiger partial charge in [-0.1, -0.05) is 45.9 Å². The molecule has 0 bridgehead atoms. The van der Waals surface area contributed by atoms with Crippen LogP contribution < -0.4 is 30.7 Å². The third-order valence-corrected chi connectivity index (χ3v) is 16.1. The molecule has 0 aromatic heterocycles. The minimum absolute atomic E-state index is 0.113. The van der Waals surface area contributed by atoms with Crippen LogP contribution in [0.1, 0.15) is 11.1 Å². The first-order valence-corrected chi connectivity index (χ1v) is 28.9. The molecule has 0 spiro atoms. The third-order valence-electron chi connectivity index (χ3n) is 13.7. The molecule has 0 radical (unpaired) electrons. The summed E-state index contributed by atoms with van der Waals surface area (Å²) in [5, 5.41) is 171. The highest BCUT2D eigenvalue weighted by Gasteiger charge is 2.48. The van der Waals surface area contributed by atoms with Crippen LogP contribution in [0.25, 0.3) is 0 Å². The first-order chi connectivity index (χ1) is 40.1. The van der Waals surface area contributed by atoms with Crippen molar-refractivity contribution in [2.24, 2.45) is 0 Å². The fourth-order valence-electron chi connectivity index (χ4n) is 8.78. The van der Waals surface area contributed by atoms with Gasteiger partial charge in [0.05, 0.1) is 52.5 Å². The van der Waals surface area contributed by atoms with Crippen LogP contribution in [0.2, 0.25) is 0 Å². The van der Waals surface area contributed by atoms with Gasteiger partial charge in [0.15, 0.2) is 12.6 Å². The second kappa shape index (κ2) is 33.2. The summed E-state index contributed by atoms with van der Waals surface area (Å²) in [6.45, 7) is -3.97. The number of amides is 4. The number of benzene rings is 2. The quantitative estimate of drug-likeness (QED) is 0.0266. The molecule has 2 aromatic carbocycles. The van der Waals surface area contributed by atoms with E-state index in [0.717, 1.165) is 21.6 Å². The van der Waals surface area contributed by atoms with Gasteiger partial charge >= 0.3 is 0 Å². The number of aliphatic hydroxyl groups excluding tert-OH is 16. The van der Waals surface area contributed by atoms with Crippen LogP contribution in [-0.2, 0) is 60.4 Å². The first kappa shape index (κ1) is 68.8. The number of carbonyl (C=O) groups excluding carboxylic acids is 4. The average molecular weight is 1240 g/mol. The number of hydrogen-bond acceptors (Lipinski definition) is 30. The summed E-state index contributed by atoms with van der Waals surface area (Å²) in [6, 6.07) is 8.97. The summed E-state index contributed by atoms with van der Waals surface area (Å²) < 4.78 is 43.6. The molecule has 474 valence electrons. The van der Waals surface area contributed by atoms with Gasteiger partial charge in [-0.25, -0.2) is 0 Å². The van der Waals surface area contributed by atoms with Crippen molar-refractivity contribution in [2.45, 2.75) is 148 Å². The SMILES string of the molecule is O=C(Cc1ccc(O[C@H]2O[C@H](CO)[C@@H](O)[C@H](O)[C@@H]2O)cc1)N[C@@H](CSSC[C@H](NC(=O)Cc1ccc(O[C@H]2O[C@H](CO)[C@@H](O)[C@H](O)[C@@H]2O)cc1)C(=O)NCCO[C@H]1O[C@H](CO)[C@@H](O)[C@H](O)[C@@H]1O)C(=O)NCCO[C@H]1O[C@H](CO)[C@@H](O)[C@H](O)[C@@H]1O. The summed E-state index contributed by atoms with van der Waals surface area (Å²) in [6.07, 6.45) is -31.8. The molecule has 22 atom stereocenters. The summed E-state index contributed by atoms with van der Waals surface area (Å²) in [5.41, 5.74) is 0.812. The molecule has 32 nitrogen and oxygen atoms in total. The van der Waals surface area contributed by atoms with Crippen molar-refractivity contribution in [3.05, 3.63) is 59.7 Å². The van der Waals surface area contributed by atoms with Crippen LogP contribution >= 0.6 is 21.6 Å². The lowest BCUT2D eigenvalue weighted by Gasteiger charge is -2.39. The average Bonchev–Trinajstić information content (AvgIpc) is 3.39. The number of hydrogen-bond donors (Lipinski definition) is 20. The first-order valence-electron chi connectivity index (χ1n) is 26.4. The molecule has 0 aliphatic carbocycles. The van der Waals surface area contributed by atoms with Gasteiger partial charge in [-0.2, -0.15) is 0 Å². The molecule has 20 N–H and O–H groups in total. The van der Waals surface area contributed by atoms with E-state index in [1.807, 2.05) is 0 Å². The molecule has 4 fully saturated rings. The Balaban J connectivity index is 1.09. The molecule has 84 heavy (non-hydrogen) atoms. The molecule has 4 saturated heterocycles.